The van der Waals surface area contributed by atoms with E-state index in [4.69, 9.17) is 12.2 Å². The molecule has 54 valence electrons. The second-order valence-corrected chi connectivity index (χ2v) is 4.76. The Bertz CT molecular complexity index is 80.4. The van der Waals surface area contributed by atoms with Crippen LogP contribution < -0.4 is 0 Å². The zero-order valence-corrected chi connectivity index (χ0v) is 8.30. The van der Waals surface area contributed by atoms with Gasteiger partial charge in [0.05, 0.1) is 0 Å². The summed E-state index contributed by atoms with van der Waals surface area (Å²) in [5.74, 6) is 1.19. The summed E-state index contributed by atoms with van der Waals surface area (Å²) in [5.41, 5.74) is 0. The van der Waals surface area contributed by atoms with Crippen molar-refractivity contribution in [3.05, 3.63) is 0 Å². The summed E-state index contributed by atoms with van der Waals surface area (Å²) in [6.45, 7) is 2.20. The fourth-order valence-electron chi connectivity index (χ4n) is 0.359. The molecule has 9 heavy (non-hydrogen) atoms. The van der Waals surface area contributed by atoms with Gasteiger partial charge in [-0.3, -0.25) is 0 Å². The molecule has 0 rings (SSSR count). The highest BCUT2D eigenvalue weighted by Gasteiger charge is 1.91. The van der Waals surface area contributed by atoms with E-state index >= 15 is 0 Å². The molecule has 0 saturated carbocycles. The molecule has 0 atom stereocenters. The van der Waals surface area contributed by atoms with Gasteiger partial charge in [-0.05, 0) is 18.4 Å². The monoisotopic (exact) mass is 180 g/mol. The van der Waals surface area contributed by atoms with Crippen LogP contribution in [-0.2, 0) is 0 Å². The maximum Gasteiger partial charge on any atom is 0.103 e. The SMILES string of the molecule is CCCCSC(=S)SC. The van der Waals surface area contributed by atoms with E-state index in [1.807, 2.05) is 6.26 Å². The van der Waals surface area contributed by atoms with Gasteiger partial charge in [0.2, 0.25) is 0 Å². The lowest BCUT2D eigenvalue weighted by Crippen LogP contribution is -1.82. The van der Waals surface area contributed by atoms with Crippen molar-refractivity contribution in [2.75, 3.05) is 12.0 Å². The van der Waals surface area contributed by atoms with Gasteiger partial charge in [0.15, 0.2) is 0 Å². The lowest BCUT2D eigenvalue weighted by atomic mass is 10.4. The molecule has 0 heterocycles. The maximum absolute atomic E-state index is 4.99. The fourth-order valence-corrected chi connectivity index (χ4v) is 1.93. The number of thiocarbonyl (C=S) groups is 1. The normalized spacial score (nSPS) is 9.56. The molecule has 0 amide bonds. The van der Waals surface area contributed by atoms with E-state index in [1.54, 1.807) is 23.5 Å². The van der Waals surface area contributed by atoms with Crippen molar-refractivity contribution in [1.82, 2.24) is 0 Å². The molecular weight excluding hydrogens is 168 g/mol. The molecule has 0 aliphatic heterocycles. The van der Waals surface area contributed by atoms with E-state index in [1.165, 1.54) is 18.6 Å². The Kier molecular flexibility index (Phi) is 7.51. The lowest BCUT2D eigenvalue weighted by Gasteiger charge is -1.96. The smallest absolute Gasteiger partial charge is 0.103 e. The van der Waals surface area contributed by atoms with Crippen LogP contribution in [0.1, 0.15) is 19.8 Å². The highest BCUT2D eigenvalue weighted by molar-refractivity contribution is 8.46. The Morgan fingerprint density at radius 2 is 2.22 bits per heavy atom. The first-order valence-corrected chi connectivity index (χ1v) is 5.63. The highest BCUT2D eigenvalue weighted by atomic mass is 32.2. The summed E-state index contributed by atoms with van der Waals surface area (Å²) >= 11 is 8.46. The van der Waals surface area contributed by atoms with Crippen molar-refractivity contribution in [2.45, 2.75) is 19.8 Å². The average Bonchev–Trinajstić information content (AvgIpc) is 1.89. The van der Waals surface area contributed by atoms with Crippen molar-refractivity contribution < 1.29 is 0 Å². The zero-order valence-electron chi connectivity index (χ0n) is 5.85. The predicted molar refractivity (Wildman–Crippen MR) is 53.5 cm³/mol. The van der Waals surface area contributed by atoms with Crippen LogP contribution in [0.3, 0.4) is 0 Å². The van der Waals surface area contributed by atoms with Crippen LogP contribution >= 0.6 is 35.7 Å². The molecule has 0 aromatic heterocycles. The Morgan fingerprint density at radius 1 is 1.56 bits per heavy atom. The van der Waals surface area contributed by atoms with Crippen LogP contribution in [0, 0.1) is 0 Å². The molecule has 0 aliphatic carbocycles. The fraction of sp³-hybridized carbons (Fsp3) is 0.833. The minimum absolute atomic E-state index is 1.07. The number of rotatable bonds is 3. The molecule has 0 unspecified atom stereocenters. The molecule has 0 bridgehead atoms. The molecule has 3 heteroatoms. The predicted octanol–water partition coefficient (Wildman–Crippen LogP) is 3.17. The number of unbranched alkanes of at least 4 members (excludes halogenated alkanes) is 1. The Morgan fingerprint density at radius 3 is 2.67 bits per heavy atom. The van der Waals surface area contributed by atoms with Crippen LogP contribution in [0.2, 0.25) is 0 Å². The van der Waals surface area contributed by atoms with E-state index in [9.17, 15) is 0 Å². The molecule has 0 aliphatic rings. The van der Waals surface area contributed by atoms with Gasteiger partial charge in [-0.15, -0.1) is 23.5 Å². The van der Waals surface area contributed by atoms with Crippen molar-refractivity contribution in [1.29, 1.82) is 0 Å². The summed E-state index contributed by atoms with van der Waals surface area (Å²) in [4.78, 5) is 0. The summed E-state index contributed by atoms with van der Waals surface area (Å²) < 4.78 is 1.07. The minimum Gasteiger partial charge on any atom is -0.111 e. The van der Waals surface area contributed by atoms with Gasteiger partial charge in [-0.1, -0.05) is 25.6 Å². The third-order valence-corrected chi connectivity index (χ3v) is 3.65. The third-order valence-electron chi connectivity index (χ3n) is 0.884. The van der Waals surface area contributed by atoms with E-state index in [2.05, 4.69) is 6.92 Å². The first-order chi connectivity index (χ1) is 4.31. The van der Waals surface area contributed by atoms with Crippen LogP contribution in [0.5, 0.6) is 0 Å². The van der Waals surface area contributed by atoms with Crippen LogP contribution in [0.4, 0.5) is 0 Å². The van der Waals surface area contributed by atoms with Crippen molar-refractivity contribution in [2.24, 2.45) is 0 Å². The molecule has 0 aromatic rings. The zero-order chi connectivity index (χ0) is 7.11. The van der Waals surface area contributed by atoms with Gasteiger partial charge in [-0.25, -0.2) is 0 Å². The molecule has 0 nitrogen and oxygen atoms in total. The van der Waals surface area contributed by atoms with Gasteiger partial charge < -0.3 is 0 Å². The van der Waals surface area contributed by atoms with Crippen LogP contribution in [-0.4, -0.2) is 15.5 Å². The second-order valence-electron chi connectivity index (χ2n) is 1.66. The quantitative estimate of drug-likeness (QED) is 0.484. The van der Waals surface area contributed by atoms with Gasteiger partial charge in [0.25, 0.3) is 0 Å². The van der Waals surface area contributed by atoms with Crippen LogP contribution in [0.25, 0.3) is 0 Å². The van der Waals surface area contributed by atoms with Gasteiger partial charge in [-0.2, -0.15) is 0 Å². The van der Waals surface area contributed by atoms with Crippen molar-refractivity contribution in [3.63, 3.8) is 0 Å². The van der Waals surface area contributed by atoms with Crippen LogP contribution in [0.15, 0.2) is 0 Å². The number of thioether (sulfide) groups is 2. The number of hydrogen-bond acceptors (Lipinski definition) is 3. The molecule has 0 aromatic carbocycles. The Balaban J connectivity index is 2.97. The summed E-state index contributed by atoms with van der Waals surface area (Å²) in [6, 6.07) is 0. The Labute approximate surface area is 71.2 Å². The molecule has 0 radical (unpaired) electrons. The topological polar surface area (TPSA) is 0 Å². The van der Waals surface area contributed by atoms with Gasteiger partial charge in [0, 0.05) is 0 Å². The summed E-state index contributed by atoms with van der Waals surface area (Å²) in [5, 5.41) is 0. The minimum atomic E-state index is 1.07. The van der Waals surface area contributed by atoms with Crippen molar-refractivity contribution >= 4 is 39.3 Å². The first kappa shape index (κ1) is 9.79. The standard InChI is InChI=1S/C6H12S3/c1-3-4-5-9-6(7)8-2/h3-5H2,1-2H3. The van der Waals surface area contributed by atoms with Crippen molar-refractivity contribution in [3.8, 4) is 0 Å². The third kappa shape index (κ3) is 6.68. The molecule has 0 spiro atoms. The average molecular weight is 180 g/mol. The van der Waals surface area contributed by atoms with E-state index < -0.39 is 0 Å². The van der Waals surface area contributed by atoms with Gasteiger partial charge >= 0.3 is 0 Å². The van der Waals surface area contributed by atoms with E-state index in [0.717, 1.165) is 3.53 Å². The molecular formula is C6H12S3. The lowest BCUT2D eigenvalue weighted by molar-refractivity contribution is 0.898. The largest absolute Gasteiger partial charge is 0.111 e. The second kappa shape index (κ2) is 6.90. The number of hydrogen-bond donors (Lipinski definition) is 0. The van der Waals surface area contributed by atoms with E-state index in [-0.39, 0.29) is 0 Å². The molecule has 0 N–H and O–H groups in total. The van der Waals surface area contributed by atoms with E-state index in [0.29, 0.717) is 0 Å². The molecule has 0 fully saturated rings. The first-order valence-electron chi connectivity index (χ1n) is 3.02. The summed E-state index contributed by atoms with van der Waals surface area (Å²) in [7, 11) is 0. The van der Waals surface area contributed by atoms with Gasteiger partial charge in [0.1, 0.15) is 3.53 Å². The molecule has 0 saturated heterocycles. The summed E-state index contributed by atoms with van der Waals surface area (Å²) in [6.07, 6.45) is 4.58. The Hall–Kier alpha value is 0.790. The maximum atomic E-state index is 4.99. The highest BCUT2D eigenvalue weighted by Crippen LogP contribution is 2.15.